The van der Waals surface area contributed by atoms with Crippen LogP contribution in [0, 0.1) is 6.07 Å². The minimum atomic E-state index is 0.615. The normalized spacial score (nSPS) is 9.92. The van der Waals surface area contributed by atoms with Crippen molar-refractivity contribution in [3.05, 3.63) is 30.3 Å². The summed E-state index contributed by atoms with van der Waals surface area (Å²) in [6, 6.07) is 10.4. The SMILES string of the molecule is CCCOCCOc1cc[c]cc1. The van der Waals surface area contributed by atoms with E-state index in [0.29, 0.717) is 13.2 Å². The van der Waals surface area contributed by atoms with Crippen LogP contribution in [0.5, 0.6) is 5.75 Å². The van der Waals surface area contributed by atoms with Crippen molar-refractivity contribution in [1.82, 2.24) is 0 Å². The van der Waals surface area contributed by atoms with Crippen molar-refractivity contribution in [3.63, 3.8) is 0 Å². The maximum atomic E-state index is 5.41. The van der Waals surface area contributed by atoms with Crippen molar-refractivity contribution in [2.75, 3.05) is 19.8 Å². The van der Waals surface area contributed by atoms with Crippen LogP contribution in [0.2, 0.25) is 0 Å². The second kappa shape index (κ2) is 6.49. The molecule has 1 aromatic rings. The molecule has 0 atom stereocenters. The molecule has 13 heavy (non-hydrogen) atoms. The van der Waals surface area contributed by atoms with Gasteiger partial charge in [0.25, 0.3) is 0 Å². The summed E-state index contributed by atoms with van der Waals surface area (Å²) in [6.45, 7) is 4.18. The Morgan fingerprint density at radius 2 is 1.92 bits per heavy atom. The van der Waals surface area contributed by atoms with Gasteiger partial charge in [-0.2, -0.15) is 0 Å². The van der Waals surface area contributed by atoms with Crippen molar-refractivity contribution in [1.29, 1.82) is 0 Å². The molecule has 1 aromatic carbocycles. The van der Waals surface area contributed by atoms with E-state index in [9.17, 15) is 0 Å². The molecule has 0 aliphatic carbocycles. The molecule has 0 spiro atoms. The molecule has 0 heterocycles. The molecule has 71 valence electrons. The third-order valence-electron chi connectivity index (χ3n) is 1.53. The van der Waals surface area contributed by atoms with E-state index in [-0.39, 0.29) is 0 Å². The highest BCUT2D eigenvalue weighted by atomic mass is 16.5. The van der Waals surface area contributed by atoms with Crippen LogP contribution >= 0.6 is 0 Å². The lowest BCUT2D eigenvalue weighted by Crippen LogP contribution is -2.06. The third kappa shape index (κ3) is 4.53. The van der Waals surface area contributed by atoms with Gasteiger partial charge in [-0.15, -0.1) is 0 Å². The predicted octanol–water partition coefficient (Wildman–Crippen LogP) is 2.29. The zero-order chi connectivity index (χ0) is 9.36. The lowest BCUT2D eigenvalue weighted by Gasteiger charge is -2.05. The van der Waals surface area contributed by atoms with Crippen molar-refractivity contribution < 1.29 is 9.47 Å². The Kier molecular flexibility index (Phi) is 5.02. The van der Waals surface area contributed by atoms with E-state index in [1.807, 2.05) is 24.3 Å². The molecule has 1 rings (SSSR count). The molecule has 2 nitrogen and oxygen atoms in total. The summed E-state index contributed by atoms with van der Waals surface area (Å²) < 4.78 is 10.7. The Morgan fingerprint density at radius 1 is 1.15 bits per heavy atom. The van der Waals surface area contributed by atoms with Crippen LogP contribution in [0.3, 0.4) is 0 Å². The summed E-state index contributed by atoms with van der Waals surface area (Å²) in [5, 5.41) is 0. The monoisotopic (exact) mass is 179 g/mol. The summed E-state index contributed by atoms with van der Waals surface area (Å²) in [4.78, 5) is 0. The molecular formula is C11H15O2. The average molecular weight is 179 g/mol. The maximum absolute atomic E-state index is 5.41. The van der Waals surface area contributed by atoms with Gasteiger partial charge in [0.15, 0.2) is 0 Å². The summed E-state index contributed by atoms with van der Waals surface area (Å²) >= 11 is 0. The van der Waals surface area contributed by atoms with Crippen LogP contribution in [0.1, 0.15) is 13.3 Å². The lowest BCUT2D eigenvalue weighted by atomic mass is 10.3. The number of hydrogen-bond acceptors (Lipinski definition) is 2. The number of rotatable bonds is 6. The van der Waals surface area contributed by atoms with E-state index in [0.717, 1.165) is 18.8 Å². The molecule has 0 amide bonds. The fourth-order valence-electron chi connectivity index (χ4n) is 0.933. The van der Waals surface area contributed by atoms with Gasteiger partial charge in [0.2, 0.25) is 0 Å². The first-order valence-electron chi connectivity index (χ1n) is 4.60. The highest BCUT2D eigenvalue weighted by molar-refractivity contribution is 5.20. The fraction of sp³-hybridized carbons (Fsp3) is 0.455. The van der Waals surface area contributed by atoms with Crippen LogP contribution in [-0.2, 0) is 4.74 Å². The Bertz CT molecular complexity index is 209. The first kappa shape index (κ1) is 10.1. The molecule has 1 radical (unpaired) electrons. The van der Waals surface area contributed by atoms with Gasteiger partial charge in [0.1, 0.15) is 12.4 Å². The van der Waals surface area contributed by atoms with Crippen LogP contribution in [0.4, 0.5) is 0 Å². The van der Waals surface area contributed by atoms with Gasteiger partial charge in [0, 0.05) is 6.61 Å². The molecule has 0 aliphatic heterocycles. The van der Waals surface area contributed by atoms with Crippen molar-refractivity contribution in [2.24, 2.45) is 0 Å². The molecule has 0 fully saturated rings. The molecule has 0 aliphatic rings. The standard InChI is InChI=1S/C11H15O2/c1-2-8-12-9-10-13-11-6-4-3-5-7-11/h4-7H,2,8-10H2,1H3. The van der Waals surface area contributed by atoms with Crippen LogP contribution in [0.25, 0.3) is 0 Å². The summed E-state index contributed by atoms with van der Waals surface area (Å²) in [7, 11) is 0. The minimum absolute atomic E-state index is 0.615. The maximum Gasteiger partial charge on any atom is 0.119 e. The summed E-state index contributed by atoms with van der Waals surface area (Å²) in [5.41, 5.74) is 0. The van der Waals surface area contributed by atoms with E-state index in [2.05, 4.69) is 13.0 Å². The van der Waals surface area contributed by atoms with Gasteiger partial charge >= 0.3 is 0 Å². The summed E-state index contributed by atoms with van der Waals surface area (Å²) in [6.07, 6.45) is 1.06. The quantitative estimate of drug-likeness (QED) is 0.624. The molecule has 0 bridgehead atoms. The zero-order valence-electron chi connectivity index (χ0n) is 7.95. The third-order valence-corrected chi connectivity index (χ3v) is 1.53. The van der Waals surface area contributed by atoms with E-state index < -0.39 is 0 Å². The van der Waals surface area contributed by atoms with Gasteiger partial charge in [-0.05, 0) is 24.6 Å². The molecule has 2 heteroatoms. The highest BCUT2D eigenvalue weighted by Gasteiger charge is 1.90. The Hall–Kier alpha value is -1.02. The fourth-order valence-corrected chi connectivity index (χ4v) is 0.933. The van der Waals surface area contributed by atoms with Crippen molar-refractivity contribution >= 4 is 0 Å². The average Bonchev–Trinajstić information content (AvgIpc) is 2.19. The first-order valence-corrected chi connectivity index (χ1v) is 4.60. The lowest BCUT2D eigenvalue weighted by molar-refractivity contribution is 0.101. The van der Waals surface area contributed by atoms with Crippen molar-refractivity contribution in [2.45, 2.75) is 13.3 Å². The number of benzene rings is 1. The molecule has 0 N–H and O–H groups in total. The second-order valence-electron chi connectivity index (χ2n) is 2.70. The zero-order valence-corrected chi connectivity index (χ0v) is 7.95. The van der Waals surface area contributed by atoms with Gasteiger partial charge in [0.05, 0.1) is 6.61 Å². The van der Waals surface area contributed by atoms with Crippen LogP contribution < -0.4 is 4.74 Å². The van der Waals surface area contributed by atoms with E-state index in [1.54, 1.807) is 0 Å². The van der Waals surface area contributed by atoms with E-state index in [1.165, 1.54) is 0 Å². The van der Waals surface area contributed by atoms with E-state index >= 15 is 0 Å². The Labute approximate surface area is 79.5 Å². The van der Waals surface area contributed by atoms with Crippen LogP contribution in [0.15, 0.2) is 24.3 Å². The number of ether oxygens (including phenoxy) is 2. The number of hydrogen-bond donors (Lipinski definition) is 0. The first-order chi connectivity index (χ1) is 6.43. The smallest absolute Gasteiger partial charge is 0.119 e. The molecule has 0 saturated carbocycles. The van der Waals surface area contributed by atoms with Gasteiger partial charge in [-0.25, -0.2) is 0 Å². The Morgan fingerprint density at radius 3 is 2.62 bits per heavy atom. The molecule has 0 saturated heterocycles. The topological polar surface area (TPSA) is 18.5 Å². The highest BCUT2D eigenvalue weighted by Crippen LogP contribution is 2.07. The molecule has 0 aromatic heterocycles. The molecule has 0 unspecified atom stereocenters. The van der Waals surface area contributed by atoms with Crippen molar-refractivity contribution in [3.8, 4) is 5.75 Å². The van der Waals surface area contributed by atoms with Gasteiger partial charge < -0.3 is 9.47 Å². The van der Waals surface area contributed by atoms with Gasteiger partial charge in [-0.1, -0.05) is 19.1 Å². The predicted molar refractivity (Wildman–Crippen MR) is 51.9 cm³/mol. The molecular weight excluding hydrogens is 164 g/mol. The Balaban J connectivity index is 2.07. The van der Waals surface area contributed by atoms with Crippen LogP contribution in [-0.4, -0.2) is 19.8 Å². The second-order valence-corrected chi connectivity index (χ2v) is 2.70. The van der Waals surface area contributed by atoms with E-state index in [4.69, 9.17) is 9.47 Å². The summed E-state index contributed by atoms with van der Waals surface area (Å²) in [5.74, 6) is 0.874. The largest absolute Gasteiger partial charge is 0.491 e. The minimum Gasteiger partial charge on any atom is -0.491 e. The van der Waals surface area contributed by atoms with Gasteiger partial charge in [-0.3, -0.25) is 0 Å².